The third-order valence-electron chi connectivity index (χ3n) is 4.85. The fraction of sp³-hybridized carbons (Fsp3) is 0.400. The van der Waals surface area contributed by atoms with Crippen LogP contribution < -0.4 is 4.72 Å². The summed E-state index contributed by atoms with van der Waals surface area (Å²) in [6, 6.07) is 12.8. The Labute approximate surface area is 163 Å². The zero-order chi connectivity index (χ0) is 20.4. The van der Waals surface area contributed by atoms with Crippen molar-refractivity contribution >= 4 is 10.0 Å². The number of likely N-dealkylation sites (tertiary alicyclic amines) is 1. The average Bonchev–Trinajstić information content (AvgIpc) is 2.62. The summed E-state index contributed by atoms with van der Waals surface area (Å²) in [6.07, 6.45) is -1.66. The number of sulfonamides is 1. The normalized spacial score (nSPS) is 17.0. The second-order valence-electron chi connectivity index (χ2n) is 7.22. The second-order valence-corrected chi connectivity index (χ2v) is 9.00. The van der Waals surface area contributed by atoms with Crippen LogP contribution >= 0.6 is 0 Å². The van der Waals surface area contributed by atoms with Crippen LogP contribution in [0.2, 0.25) is 0 Å². The Morgan fingerprint density at radius 1 is 1.04 bits per heavy atom. The molecule has 0 atom stereocenters. The van der Waals surface area contributed by atoms with Gasteiger partial charge in [0.05, 0.1) is 11.8 Å². The van der Waals surface area contributed by atoms with Gasteiger partial charge in [-0.15, -0.1) is 0 Å². The predicted octanol–water partition coefficient (Wildman–Crippen LogP) is 3.89. The SMILES string of the molecule is CS(=O)(=O)NC1CCN(Cc2ccc(-c3cccc(C(F)(F)F)c3)cc2)CC1. The molecule has 1 fully saturated rings. The van der Waals surface area contributed by atoms with Crippen LogP contribution in [-0.4, -0.2) is 38.7 Å². The number of piperidine rings is 1. The molecule has 0 amide bonds. The minimum Gasteiger partial charge on any atom is -0.299 e. The second kappa shape index (κ2) is 8.23. The first kappa shape index (κ1) is 20.8. The van der Waals surface area contributed by atoms with Crippen LogP contribution in [0.25, 0.3) is 11.1 Å². The molecule has 1 aliphatic heterocycles. The summed E-state index contributed by atoms with van der Waals surface area (Å²) in [5, 5.41) is 0. The summed E-state index contributed by atoms with van der Waals surface area (Å²) in [5.41, 5.74) is 1.70. The molecule has 0 unspecified atom stereocenters. The standard InChI is InChI=1S/C20H23F3N2O2S/c1-28(26,27)24-19-9-11-25(12-10-19)14-15-5-7-16(8-6-15)17-3-2-4-18(13-17)20(21,22)23/h2-8,13,19,24H,9-12,14H2,1H3. The van der Waals surface area contributed by atoms with E-state index >= 15 is 0 Å². The van der Waals surface area contributed by atoms with Crippen molar-refractivity contribution in [1.29, 1.82) is 0 Å². The highest BCUT2D eigenvalue weighted by molar-refractivity contribution is 7.88. The molecule has 8 heteroatoms. The number of benzene rings is 2. The van der Waals surface area contributed by atoms with Gasteiger partial charge in [0.25, 0.3) is 0 Å². The van der Waals surface area contributed by atoms with E-state index in [1.807, 2.05) is 24.3 Å². The van der Waals surface area contributed by atoms with Gasteiger partial charge in [-0.1, -0.05) is 36.4 Å². The van der Waals surface area contributed by atoms with Crippen molar-refractivity contribution in [2.45, 2.75) is 31.6 Å². The molecule has 0 aliphatic carbocycles. The van der Waals surface area contributed by atoms with Crippen molar-refractivity contribution in [3.05, 3.63) is 59.7 Å². The molecular formula is C20H23F3N2O2S. The number of hydrogen-bond donors (Lipinski definition) is 1. The van der Waals surface area contributed by atoms with E-state index < -0.39 is 21.8 Å². The Bertz CT molecular complexity index is 904. The van der Waals surface area contributed by atoms with Gasteiger partial charge < -0.3 is 0 Å². The Morgan fingerprint density at radius 2 is 1.68 bits per heavy atom. The summed E-state index contributed by atoms with van der Waals surface area (Å²) in [7, 11) is -3.18. The molecule has 1 N–H and O–H groups in total. The summed E-state index contributed by atoms with van der Waals surface area (Å²) < 4.78 is 63.9. The van der Waals surface area contributed by atoms with Gasteiger partial charge >= 0.3 is 6.18 Å². The van der Waals surface area contributed by atoms with Gasteiger partial charge in [-0.05, 0) is 41.7 Å². The number of nitrogens with one attached hydrogen (secondary N) is 1. The van der Waals surface area contributed by atoms with Crippen LogP contribution in [0, 0.1) is 0 Å². The fourth-order valence-electron chi connectivity index (χ4n) is 3.45. The van der Waals surface area contributed by atoms with Crippen LogP contribution in [0.4, 0.5) is 13.2 Å². The minimum absolute atomic E-state index is 0.0189. The van der Waals surface area contributed by atoms with Crippen LogP contribution in [0.5, 0.6) is 0 Å². The first-order chi connectivity index (χ1) is 13.1. The molecule has 1 heterocycles. The van der Waals surface area contributed by atoms with E-state index in [9.17, 15) is 21.6 Å². The van der Waals surface area contributed by atoms with Crippen molar-refractivity contribution in [2.75, 3.05) is 19.3 Å². The smallest absolute Gasteiger partial charge is 0.299 e. The Hall–Kier alpha value is -1.90. The summed E-state index contributed by atoms with van der Waals surface area (Å²) in [6.45, 7) is 2.32. The maximum Gasteiger partial charge on any atom is 0.416 e. The molecule has 3 rings (SSSR count). The largest absolute Gasteiger partial charge is 0.416 e. The summed E-state index contributed by atoms with van der Waals surface area (Å²) in [4.78, 5) is 2.25. The van der Waals surface area contributed by atoms with E-state index in [0.717, 1.165) is 55.7 Å². The highest BCUT2D eigenvalue weighted by Gasteiger charge is 2.30. The van der Waals surface area contributed by atoms with Gasteiger partial charge in [0.15, 0.2) is 0 Å². The lowest BCUT2D eigenvalue weighted by Gasteiger charge is -2.32. The van der Waals surface area contributed by atoms with Crippen molar-refractivity contribution in [1.82, 2.24) is 9.62 Å². The molecule has 1 saturated heterocycles. The maximum atomic E-state index is 12.9. The van der Waals surface area contributed by atoms with E-state index in [4.69, 9.17) is 0 Å². The quantitative estimate of drug-likeness (QED) is 0.811. The molecule has 0 spiro atoms. The lowest BCUT2D eigenvalue weighted by atomic mass is 10.0. The topological polar surface area (TPSA) is 49.4 Å². The molecule has 2 aromatic carbocycles. The first-order valence-corrected chi connectivity index (χ1v) is 11.0. The molecule has 0 radical (unpaired) electrons. The number of nitrogens with zero attached hydrogens (tertiary/aromatic N) is 1. The fourth-order valence-corrected chi connectivity index (χ4v) is 4.29. The summed E-state index contributed by atoms with van der Waals surface area (Å²) in [5.74, 6) is 0. The number of rotatable bonds is 5. The molecule has 0 saturated carbocycles. The monoisotopic (exact) mass is 412 g/mol. The highest BCUT2D eigenvalue weighted by atomic mass is 32.2. The van der Waals surface area contributed by atoms with Gasteiger partial charge in [-0.25, -0.2) is 13.1 Å². The molecule has 28 heavy (non-hydrogen) atoms. The van der Waals surface area contributed by atoms with Gasteiger partial charge in [0.2, 0.25) is 10.0 Å². The number of alkyl halides is 3. The van der Waals surface area contributed by atoms with E-state index in [2.05, 4.69) is 9.62 Å². The van der Waals surface area contributed by atoms with Crippen LogP contribution in [0.15, 0.2) is 48.5 Å². The number of halogens is 3. The zero-order valence-corrected chi connectivity index (χ0v) is 16.4. The lowest BCUT2D eigenvalue weighted by molar-refractivity contribution is -0.137. The predicted molar refractivity (Wildman–Crippen MR) is 103 cm³/mol. The molecule has 1 aliphatic rings. The van der Waals surface area contributed by atoms with Crippen molar-refractivity contribution in [2.24, 2.45) is 0 Å². The average molecular weight is 412 g/mol. The molecule has 152 valence electrons. The molecule has 4 nitrogen and oxygen atoms in total. The Kier molecular flexibility index (Phi) is 6.12. The third kappa shape index (κ3) is 5.80. The minimum atomic E-state index is -4.35. The highest BCUT2D eigenvalue weighted by Crippen LogP contribution is 2.32. The zero-order valence-electron chi connectivity index (χ0n) is 15.5. The van der Waals surface area contributed by atoms with Crippen molar-refractivity contribution in [3.63, 3.8) is 0 Å². The van der Waals surface area contributed by atoms with E-state index in [0.29, 0.717) is 5.56 Å². The maximum absolute atomic E-state index is 12.9. The summed E-state index contributed by atoms with van der Waals surface area (Å²) >= 11 is 0. The van der Waals surface area contributed by atoms with Crippen molar-refractivity contribution < 1.29 is 21.6 Å². The van der Waals surface area contributed by atoms with Gasteiger partial charge in [-0.2, -0.15) is 13.2 Å². The van der Waals surface area contributed by atoms with E-state index in [-0.39, 0.29) is 6.04 Å². The molecule has 0 aromatic heterocycles. The van der Waals surface area contributed by atoms with Gasteiger partial charge in [-0.3, -0.25) is 4.90 Å². The Morgan fingerprint density at radius 3 is 2.25 bits per heavy atom. The number of hydrogen-bond acceptors (Lipinski definition) is 3. The van der Waals surface area contributed by atoms with Gasteiger partial charge in [0.1, 0.15) is 0 Å². The van der Waals surface area contributed by atoms with E-state index in [1.54, 1.807) is 6.07 Å². The molecule has 2 aromatic rings. The lowest BCUT2D eigenvalue weighted by Crippen LogP contribution is -2.43. The molecule has 0 bridgehead atoms. The van der Waals surface area contributed by atoms with Gasteiger partial charge in [0, 0.05) is 25.7 Å². The third-order valence-corrected chi connectivity index (χ3v) is 5.61. The van der Waals surface area contributed by atoms with E-state index in [1.165, 1.54) is 12.3 Å². The first-order valence-electron chi connectivity index (χ1n) is 9.06. The Balaban J connectivity index is 1.60. The van der Waals surface area contributed by atoms with Crippen molar-refractivity contribution in [3.8, 4) is 11.1 Å². The van der Waals surface area contributed by atoms with Crippen LogP contribution in [-0.2, 0) is 22.7 Å². The van der Waals surface area contributed by atoms with Crippen LogP contribution in [0.1, 0.15) is 24.0 Å². The van der Waals surface area contributed by atoms with Crippen LogP contribution in [0.3, 0.4) is 0 Å². The molecular weight excluding hydrogens is 389 g/mol.